The van der Waals surface area contributed by atoms with Gasteiger partial charge in [0.2, 0.25) is 0 Å². The van der Waals surface area contributed by atoms with Crippen molar-refractivity contribution in [3.05, 3.63) is 12.2 Å². The van der Waals surface area contributed by atoms with E-state index in [1.54, 1.807) is 0 Å². The zero-order valence-electron chi connectivity index (χ0n) is 14.6. The Morgan fingerprint density at radius 3 is 2.59 bits per heavy atom. The molecule has 0 amide bonds. The zero-order chi connectivity index (χ0) is 16.8. The maximum atomic E-state index is 12.3. The Morgan fingerprint density at radius 1 is 1.41 bits per heavy atom. The van der Waals surface area contributed by atoms with Crippen molar-refractivity contribution >= 4 is 14.3 Å². The van der Waals surface area contributed by atoms with Gasteiger partial charge in [-0.3, -0.25) is 0 Å². The largest absolute Gasteiger partial charge is 0.467 e. The number of nitrogens with zero attached hydrogens (tertiary/aromatic N) is 2. The van der Waals surface area contributed by atoms with Crippen molar-refractivity contribution in [2.24, 2.45) is 16.1 Å². The Hall–Kier alpha value is -1.01. The minimum Gasteiger partial charge on any atom is -0.467 e. The standard InChI is InChI=1S/C16H28N2O3Si/c1-11-8-12-10-17-18-16(12,14(19)20-5)9-13(11)21-22(6,7)15(2,3)4/h12-13H,1,8-10H2,2-7H3/t12-,13-,16?/m1/s1. The van der Waals surface area contributed by atoms with Crippen molar-refractivity contribution in [1.29, 1.82) is 0 Å². The van der Waals surface area contributed by atoms with E-state index in [1.165, 1.54) is 7.11 Å². The van der Waals surface area contributed by atoms with Crippen molar-refractivity contribution < 1.29 is 14.0 Å². The van der Waals surface area contributed by atoms with Gasteiger partial charge >= 0.3 is 5.97 Å². The van der Waals surface area contributed by atoms with Crippen LogP contribution in [0.5, 0.6) is 0 Å². The lowest BCUT2D eigenvalue weighted by Crippen LogP contribution is -2.53. The molecule has 1 heterocycles. The molecule has 124 valence electrons. The van der Waals surface area contributed by atoms with Gasteiger partial charge in [-0.1, -0.05) is 27.4 Å². The number of carbonyl (C=O) groups is 1. The Bertz CT molecular complexity index is 510. The molecule has 0 N–H and O–H groups in total. The van der Waals surface area contributed by atoms with E-state index in [4.69, 9.17) is 9.16 Å². The summed E-state index contributed by atoms with van der Waals surface area (Å²) in [6, 6.07) is 0. The lowest BCUT2D eigenvalue weighted by molar-refractivity contribution is -0.150. The van der Waals surface area contributed by atoms with Crippen molar-refractivity contribution in [2.75, 3.05) is 13.7 Å². The summed E-state index contributed by atoms with van der Waals surface area (Å²) < 4.78 is 11.5. The molecule has 1 aliphatic heterocycles. The molecule has 1 unspecified atom stereocenters. The lowest BCUT2D eigenvalue weighted by Gasteiger charge is -2.44. The summed E-state index contributed by atoms with van der Waals surface area (Å²) in [6.07, 6.45) is 1.08. The molecule has 0 bridgehead atoms. The number of hydrogen-bond acceptors (Lipinski definition) is 5. The minimum absolute atomic E-state index is 0.0618. The molecule has 1 fully saturated rings. The molecule has 0 radical (unpaired) electrons. The van der Waals surface area contributed by atoms with Crippen molar-refractivity contribution in [2.45, 2.75) is 63.4 Å². The second kappa shape index (κ2) is 5.56. The highest BCUT2D eigenvalue weighted by molar-refractivity contribution is 6.74. The number of methoxy groups -OCH3 is 1. The number of carbonyl (C=O) groups excluding carboxylic acids is 1. The second-order valence-electron chi connectivity index (χ2n) is 7.97. The van der Waals surface area contributed by atoms with Crippen LogP contribution in [0.15, 0.2) is 22.4 Å². The van der Waals surface area contributed by atoms with Crippen LogP contribution in [-0.2, 0) is 14.0 Å². The first-order valence-corrected chi connectivity index (χ1v) is 10.8. The zero-order valence-corrected chi connectivity index (χ0v) is 15.6. The minimum atomic E-state index is -1.94. The predicted molar refractivity (Wildman–Crippen MR) is 88.4 cm³/mol. The monoisotopic (exact) mass is 324 g/mol. The lowest BCUT2D eigenvalue weighted by atomic mass is 9.71. The van der Waals surface area contributed by atoms with E-state index in [-0.39, 0.29) is 23.0 Å². The van der Waals surface area contributed by atoms with E-state index in [1.807, 2.05) is 0 Å². The number of azo groups is 1. The molecule has 1 aliphatic carbocycles. The molecule has 6 heteroatoms. The highest BCUT2D eigenvalue weighted by Gasteiger charge is 2.56. The number of hydrogen-bond donors (Lipinski definition) is 0. The van der Waals surface area contributed by atoms with Gasteiger partial charge in [0.15, 0.2) is 13.9 Å². The highest BCUT2D eigenvalue weighted by atomic mass is 28.4. The van der Waals surface area contributed by atoms with Crippen LogP contribution in [-0.4, -0.2) is 39.6 Å². The van der Waals surface area contributed by atoms with Crippen LogP contribution in [0.4, 0.5) is 0 Å². The summed E-state index contributed by atoms with van der Waals surface area (Å²) in [5, 5.41) is 8.51. The third-order valence-corrected chi connectivity index (χ3v) is 9.96. The Kier molecular flexibility index (Phi) is 4.39. The van der Waals surface area contributed by atoms with E-state index < -0.39 is 13.9 Å². The van der Waals surface area contributed by atoms with Crippen LogP contribution in [0.1, 0.15) is 33.6 Å². The summed E-state index contributed by atoms with van der Waals surface area (Å²) in [6.45, 7) is 15.8. The van der Waals surface area contributed by atoms with E-state index >= 15 is 0 Å². The molecular weight excluding hydrogens is 296 g/mol. The van der Waals surface area contributed by atoms with E-state index in [0.717, 1.165) is 12.0 Å². The number of esters is 1. The van der Waals surface area contributed by atoms with Crippen LogP contribution < -0.4 is 0 Å². The molecule has 5 nitrogen and oxygen atoms in total. The average molecular weight is 324 g/mol. The molecule has 2 rings (SSSR count). The van der Waals surface area contributed by atoms with Crippen LogP contribution in [0.25, 0.3) is 0 Å². The molecule has 2 aliphatic rings. The Morgan fingerprint density at radius 2 is 2.05 bits per heavy atom. The maximum absolute atomic E-state index is 12.3. The summed E-state index contributed by atoms with van der Waals surface area (Å²) in [4.78, 5) is 12.3. The van der Waals surface area contributed by atoms with Gasteiger partial charge < -0.3 is 9.16 Å². The summed E-state index contributed by atoms with van der Waals surface area (Å²) in [5.41, 5.74) is 0.185. The van der Waals surface area contributed by atoms with E-state index in [2.05, 4.69) is 50.7 Å². The van der Waals surface area contributed by atoms with Gasteiger partial charge in [-0.05, 0) is 30.1 Å². The SMILES string of the molecule is C=C1C[C@@H]2CN=NC2(C(=O)OC)C[C@H]1O[Si](C)(C)C(C)(C)C. The van der Waals surface area contributed by atoms with Crippen LogP contribution in [0.2, 0.25) is 18.1 Å². The summed E-state index contributed by atoms with van der Waals surface area (Å²) in [7, 11) is -0.529. The van der Waals surface area contributed by atoms with Crippen molar-refractivity contribution in [3.63, 3.8) is 0 Å². The Balaban J connectivity index is 2.25. The normalized spacial score (nSPS) is 32.0. The van der Waals surface area contributed by atoms with E-state index in [0.29, 0.717) is 13.0 Å². The highest BCUT2D eigenvalue weighted by Crippen LogP contribution is 2.47. The van der Waals surface area contributed by atoms with Crippen molar-refractivity contribution in [1.82, 2.24) is 0 Å². The fraction of sp³-hybridized carbons (Fsp3) is 0.812. The molecule has 1 saturated carbocycles. The first-order chi connectivity index (χ1) is 10.0. The molecule has 3 atom stereocenters. The number of fused-ring (bicyclic) bond motifs is 1. The number of ether oxygens (including phenoxy) is 1. The third-order valence-electron chi connectivity index (χ3n) is 5.47. The first kappa shape index (κ1) is 17.3. The fourth-order valence-electron chi connectivity index (χ4n) is 2.94. The number of rotatable bonds is 3. The maximum Gasteiger partial charge on any atom is 0.336 e. The van der Waals surface area contributed by atoms with Gasteiger partial charge in [0.05, 0.1) is 19.8 Å². The topological polar surface area (TPSA) is 60.2 Å². The molecule has 0 aromatic carbocycles. The summed E-state index contributed by atoms with van der Waals surface area (Å²) >= 11 is 0. The van der Waals surface area contributed by atoms with Gasteiger partial charge in [-0.15, -0.1) is 0 Å². The van der Waals surface area contributed by atoms with Gasteiger partial charge in [0.1, 0.15) is 0 Å². The third kappa shape index (κ3) is 2.78. The van der Waals surface area contributed by atoms with Gasteiger partial charge in [-0.25, -0.2) is 4.79 Å². The van der Waals surface area contributed by atoms with Gasteiger partial charge in [0.25, 0.3) is 0 Å². The molecule has 0 spiro atoms. The summed E-state index contributed by atoms with van der Waals surface area (Å²) in [5.74, 6) is -0.234. The van der Waals surface area contributed by atoms with Crippen LogP contribution in [0.3, 0.4) is 0 Å². The molecule has 0 aromatic heterocycles. The van der Waals surface area contributed by atoms with E-state index in [9.17, 15) is 4.79 Å². The van der Waals surface area contributed by atoms with Crippen LogP contribution >= 0.6 is 0 Å². The van der Waals surface area contributed by atoms with Gasteiger partial charge in [0, 0.05) is 12.3 Å². The smallest absolute Gasteiger partial charge is 0.336 e. The van der Waals surface area contributed by atoms with Crippen LogP contribution in [0, 0.1) is 5.92 Å². The average Bonchev–Trinajstić information content (AvgIpc) is 2.80. The fourth-order valence-corrected chi connectivity index (χ4v) is 4.25. The predicted octanol–water partition coefficient (Wildman–Crippen LogP) is 3.72. The van der Waals surface area contributed by atoms with Gasteiger partial charge in [-0.2, -0.15) is 10.2 Å². The van der Waals surface area contributed by atoms with Crippen molar-refractivity contribution in [3.8, 4) is 0 Å². The molecule has 0 aromatic rings. The molecular formula is C16H28N2O3Si. The first-order valence-electron chi connectivity index (χ1n) is 7.86. The second-order valence-corrected chi connectivity index (χ2v) is 12.7. The molecule has 22 heavy (non-hydrogen) atoms. The quantitative estimate of drug-likeness (QED) is 0.451. The molecule has 0 saturated heterocycles. The Labute approximate surface area is 134 Å².